The second kappa shape index (κ2) is 12.8. The van der Waals surface area contributed by atoms with Crippen molar-refractivity contribution in [3.8, 4) is 0 Å². The molecule has 3 heterocycles. The SMILES string of the molecule is Cc1cccc(CC(=O)Nc2ccc(CCCCc3nnc(NC(=O)Cc4cccnc4)s3)c(F)n2)c1. The maximum Gasteiger partial charge on any atom is 0.230 e. The number of hydrogen-bond acceptors (Lipinski definition) is 7. The molecule has 0 saturated heterocycles. The van der Waals surface area contributed by atoms with E-state index >= 15 is 0 Å². The quantitative estimate of drug-likeness (QED) is 0.220. The third-order valence-corrected chi connectivity index (χ3v) is 6.43. The minimum Gasteiger partial charge on any atom is -0.310 e. The van der Waals surface area contributed by atoms with Gasteiger partial charge in [0.25, 0.3) is 0 Å². The van der Waals surface area contributed by atoms with Gasteiger partial charge in [-0.1, -0.05) is 53.3 Å². The van der Waals surface area contributed by atoms with Gasteiger partial charge < -0.3 is 10.6 Å². The predicted molar refractivity (Wildman–Crippen MR) is 141 cm³/mol. The van der Waals surface area contributed by atoms with E-state index < -0.39 is 5.95 Å². The molecule has 1 aromatic carbocycles. The average molecular weight is 519 g/mol. The van der Waals surface area contributed by atoms with E-state index in [-0.39, 0.29) is 30.5 Å². The number of carbonyl (C=O) groups is 2. The van der Waals surface area contributed by atoms with Gasteiger partial charge in [0.05, 0.1) is 12.8 Å². The van der Waals surface area contributed by atoms with Crippen LogP contribution in [-0.2, 0) is 35.3 Å². The minimum atomic E-state index is -0.581. The Kier molecular flexibility index (Phi) is 8.98. The third kappa shape index (κ3) is 8.25. The molecule has 0 unspecified atom stereocenters. The number of hydrogen-bond donors (Lipinski definition) is 2. The molecule has 37 heavy (non-hydrogen) atoms. The number of aromatic nitrogens is 4. The van der Waals surface area contributed by atoms with Gasteiger partial charge in [0, 0.05) is 24.4 Å². The fourth-order valence-corrected chi connectivity index (χ4v) is 4.56. The second-order valence-electron chi connectivity index (χ2n) is 8.65. The second-order valence-corrected chi connectivity index (χ2v) is 9.72. The molecule has 3 aromatic heterocycles. The summed E-state index contributed by atoms with van der Waals surface area (Å²) >= 11 is 1.33. The van der Waals surface area contributed by atoms with Gasteiger partial charge in [-0.15, -0.1) is 10.2 Å². The predicted octanol–water partition coefficient (Wildman–Crippen LogP) is 4.70. The normalized spacial score (nSPS) is 10.8. The molecular weight excluding hydrogens is 491 g/mol. The molecule has 0 aliphatic heterocycles. The molecule has 4 aromatic rings. The van der Waals surface area contributed by atoms with Crippen molar-refractivity contribution in [3.63, 3.8) is 0 Å². The maximum atomic E-state index is 14.5. The Hall–Kier alpha value is -4.05. The summed E-state index contributed by atoms with van der Waals surface area (Å²) in [5.74, 6) is -0.794. The van der Waals surface area contributed by atoms with Crippen molar-refractivity contribution in [3.05, 3.63) is 94.1 Å². The fourth-order valence-electron chi connectivity index (χ4n) is 3.76. The molecule has 0 fully saturated rings. The van der Waals surface area contributed by atoms with Gasteiger partial charge in [0.1, 0.15) is 10.8 Å². The molecule has 2 amide bonds. The highest BCUT2D eigenvalue weighted by Gasteiger charge is 2.11. The molecule has 0 saturated carbocycles. The van der Waals surface area contributed by atoms with Crippen LogP contribution in [-0.4, -0.2) is 32.0 Å². The van der Waals surface area contributed by atoms with Crippen LogP contribution < -0.4 is 10.6 Å². The molecule has 0 spiro atoms. The zero-order chi connectivity index (χ0) is 26.0. The summed E-state index contributed by atoms with van der Waals surface area (Å²) in [5, 5.41) is 14.8. The molecule has 0 bridgehead atoms. The molecule has 0 aliphatic carbocycles. The first-order chi connectivity index (χ1) is 17.9. The summed E-state index contributed by atoms with van der Waals surface area (Å²) in [5.41, 5.74) is 3.29. The lowest BCUT2D eigenvalue weighted by molar-refractivity contribution is -0.116. The van der Waals surface area contributed by atoms with Crippen molar-refractivity contribution < 1.29 is 14.0 Å². The van der Waals surface area contributed by atoms with E-state index in [0.717, 1.165) is 34.5 Å². The molecule has 190 valence electrons. The number of anilines is 2. The number of benzene rings is 1. The highest BCUT2D eigenvalue weighted by molar-refractivity contribution is 7.15. The van der Waals surface area contributed by atoms with Gasteiger partial charge >= 0.3 is 0 Å². The van der Waals surface area contributed by atoms with E-state index in [1.165, 1.54) is 11.3 Å². The summed E-state index contributed by atoms with van der Waals surface area (Å²) in [6, 6.07) is 14.6. The van der Waals surface area contributed by atoms with E-state index in [1.54, 1.807) is 30.6 Å². The van der Waals surface area contributed by atoms with Crippen molar-refractivity contribution in [1.82, 2.24) is 20.2 Å². The van der Waals surface area contributed by atoms with Crippen LogP contribution in [0.1, 0.15) is 40.1 Å². The maximum absolute atomic E-state index is 14.5. The lowest BCUT2D eigenvalue weighted by atomic mass is 10.1. The lowest BCUT2D eigenvalue weighted by Gasteiger charge is -2.08. The van der Waals surface area contributed by atoms with E-state index in [2.05, 4.69) is 30.8 Å². The number of pyridine rings is 2. The van der Waals surface area contributed by atoms with Gasteiger partial charge in [0.15, 0.2) is 0 Å². The Morgan fingerprint density at radius 1 is 0.919 bits per heavy atom. The van der Waals surface area contributed by atoms with Gasteiger partial charge in [-0.05, 0) is 49.4 Å². The smallest absolute Gasteiger partial charge is 0.230 e. The molecule has 0 atom stereocenters. The van der Waals surface area contributed by atoms with Gasteiger partial charge in [-0.3, -0.25) is 14.6 Å². The van der Waals surface area contributed by atoms with E-state index in [0.29, 0.717) is 23.5 Å². The first-order valence-electron chi connectivity index (χ1n) is 12.0. The zero-order valence-corrected chi connectivity index (χ0v) is 21.2. The van der Waals surface area contributed by atoms with Crippen molar-refractivity contribution in [2.45, 2.75) is 45.4 Å². The van der Waals surface area contributed by atoms with Crippen LogP contribution in [0, 0.1) is 12.9 Å². The summed E-state index contributed by atoms with van der Waals surface area (Å²) in [4.78, 5) is 32.3. The highest BCUT2D eigenvalue weighted by atomic mass is 32.1. The molecule has 0 aliphatic rings. The van der Waals surface area contributed by atoms with Crippen molar-refractivity contribution >= 4 is 34.1 Å². The number of nitrogens with zero attached hydrogens (tertiary/aromatic N) is 4. The Labute approximate surface area is 218 Å². The topological polar surface area (TPSA) is 110 Å². The Balaban J connectivity index is 1.19. The Morgan fingerprint density at radius 2 is 1.70 bits per heavy atom. The molecule has 2 N–H and O–H groups in total. The van der Waals surface area contributed by atoms with E-state index in [4.69, 9.17) is 0 Å². The van der Waals surface area contributed by atoms with Crippen molar-refractivity contribution in [1.29, 1.82) is 0 Å². The van der Waals surface area contributed by atoms with Crippen molar-refractivity contribution in [2.24, 2.45) is 0 Å². The van der Waals surface area contributed by atoms with Crippen LogP contribution in [0.15, 0.2) is 60.9 Å². The van der Waals surface area contributed by atoms with Crippen LogP contribution in [0.3, 0.4) is 0 Å². The zero-order valence-electron chi connectivity index (χ0n) is 20.4. The third-order valence-electron chi connectivity index (χ3n) is 5.53. The average Bonchev–Trinajstić information content (AvgIpc) is 3.30. The first-order valence-corrected chi connectivity index (χ1v) is 12.8. The van der Waals surface area contributed by atoms with E-state index in [9.17, 15) is 14.0 Å². The van der Waals surface area contributed by atoms with Gasteiger partial charge in [-0.25, -0.2) is 4.98 Å². The summed E-state index contributed by atoms with van der Waals surface area (Å²) < 4.78 is 14.5. The van der Waals surface area contributed by atoms with Gasteiger partial charge in [-0.2, -0.15) is 4.39 Å². The van der Waals surface area contributed by atoms with E-state index in [1.807, 2.05) is 37.3 Å². The van der Waals surface area contributed by atoms with Gasteiger partial charge in [0.2, 0.25) is 22.9 Å². The molecular formula is C27H27FN6O2S. The summed E-state index contributed by atoms with van der Waals surface area (Å²) in [6.45, 7) is 1.97. The number of rotatable bonds is 11. The molecule has 4 rings (SSSR count). The number of carbonyl (C=O) groups excluding carboxylic acids is 2. The number of aryl methyl sites for hydroxylation is 3. The van der Waals surface area contributed by atoms with Crippen LogP contribution in [0.4, 0.5) is 15.3 Å². The highest BCUT2D eigenvalue weighted by Crippen LogP contribution is 2.19. The largest absolute Gasteiger partial charge is 0.310 e. The fraction of sp³-hybridized carbons (Fsp3) is 0.259. The van der Waals surface area contributed by atoms with Crippen LogP contribution in [0.2, 0.25) is 0 Å². The number of unbranched alkanes of at least 4 members (excludes halogenated alkanes) is 1. The number of halogens is 1. The first kappa shape index (κ1) is 26.0. The Morgan fingerprint density at radius 3 is 2.49 bits per heavy atom. The summed E-state index contributed by atoms with van der Waals surface area (Å²) in [7, 11) is 0. The molecule has 8 nitrogen and oxygen atoms in total. The van der Waals surface area contributed by atoms with Crippen LogP contribution in [0.5, 0.6) is 0 Å². The minimum absolute atomic E-state index is 0.173. The van der Waals surface area contributed by atoms with Crippen LogP contribution in [0.25, 0.3) is 0 Å². The van der Waals surface area contributed by atoms with Crippen molar-refractivity contribution in [2.75, 3.05) is 10.6 Å². The summed E-state index contributed by atoms with van der Waals surface area (Å²) in [6.07, 6.45) is 6.45. The standard InChI is InChI=1S/C27H27FN6O2S/c1-18-6-4-7-19(14-18)15-23(35)30-22-12-11-21(26(28)31-22)9-2-3-10-25-33-34-27(37-25)32-24(36)16-20-8-5-13-29-17-20/h4-8,11-14,17H,2-3,9-10,15-16H2,1H3,(H,30,31,35)(H,32,34,36). The Bertz CT molecular complexity index is 1360. The monoisotopic (exact) mass is 518 g/mol. The van der Waals surface area contributed by atoms with Crippen LogP contribution >= 0.6 is 11.3 Å². The number of nitrogens with one attached hydrogen (secondary N) is 2. The lowest BCUT2D eigenvalue weighted by Crippen LogP contribution is -2.16. The molecule has 0 radical (unpaired) electrons. The molecule has 10 heteroatoms. The number of amides is 2.